The summed E-state index contributed by atoms with van der Waals surface area (Å²) in [5, 5.41) is 9.60. The smallest absolute Gasteiger partial charge is 0.249 e. The molecule has 0 saturated carbocycles. The van der Waals surface area contributed by atoms with Gasteiger partial charge in [-0.3, -0.25) is 4.79 Å². The Morgan fingerprint density at radius 3 is 2.08 bits per heavy atom. The van der Waals surface area contributed by atoms with Gasteiger partial charge in [-0.25, -0.2) is 0 Å². The van der Waals surface area contributed by atoms with Gasteiger partial charge in [0.2, 0.25) is 5.91 Å². The number of rotatable bonds is 4. The Hall–Kier alpha value is -1.35. The maximum atomic E-state index is 12.2. The lowest BCUT2D eigenvalue weighted by Crippen LogP contribution is -2.42. The third-order valence-corrected chi connectivity index (χ3v) is 3.45. The Labute approximate surface area is 156 Å². The Morgan fingerprint density at radius 1 is 1.16 bits per heavy atom. The van der Waals surface area contributed by atoms with Crippen molar-refractivity contribution < 1.29 is 9.90 Å². The van der Waals surface area contributed by atoms with E-state index in [0.29, 0.717) is 18.0 Å². The predicted molar refractivity (Wildman–Crippen MR) is 111 cm³/mol. The Morgan fingerprint density at radius 2 is 1.68 bits per heavy atom. The van der Waals surface area contributed by atoms with Crippen LogP contribution in [0.5, 0.6) is 0 Å². The zero-order valence-corrected chi connectivity index (χ0v) is 17.8. The van der Waals surface area contributed by atoms with Gasteiger partial charge in [-0.2, -0.15) is 0 Å². The second kappa shape index (κ2) is 14.9. The molecule has 1 heterocycles. The molecule has 1 rings (SSSR count). The minimum Gasteiger partial charge on any atom is -0.391 e. The number of piperidine rings is 1. The first-order valence-corrected chi connectivity index (χ1v) is 9.67. The van der Waals surface area contributed by atoms with Gasteiger partial charge in [-0.15, -0.1) is 0 Å². The van der Waals surface area contributed by atoms with Gasteiger partial charge in [0.15, 0.2) is 0 Å². The van der Waals surface area contributed by atoms with Crippen molar-refractivity contribution >= 4 is 5.91 Å². The molecular formula is C22H41NO2. The lowest BCUT2D eigenvalue weighted by molar-refractivity contribution is -0.130. The Balaban J connectivity index is 0. The van der Waals surface area contributed by atoms with Crippen LogP contribution >= 0.6 is 0 Å². The van der Waals surface area contributed by atoms with Gasteiger partial charge in [0.05, 0.1) is 6.10 Å². The Bertz CT molecular complexity index is 431. The quantitative estimate of drug-likeness (QED) is 0.546. The number of β-amino-alcohol motifs (C(OH)–C–C–N with tert-alkyl or cyclic N) is 1. The molecule has 0 aromatic heterocycles. The van der Waals surface area contributed by atoms with E-state index in [2.05, 4.69) is 41.2 Å². The summed E-state index contributed by atoms with van der Waals surface area (Å²) >= 11 is 0. The molecular weight excluding hydrogens is 310 g/mol. The van der Waals surface area contributed by atoms with E-state index in [0.717, 1.165) is 30.9 Å². The number of carbonyl (C=O) groups excluding carboxylic acids is 1. The average molecular weight is 352 g/mol. The van der Waals surface area contributed by atoms with Crippen LogP contribution in [0.4, 0.5) is 0 Å². The SMILES string of the molecule is C=C/C(=C\C=C(/C)C(=O)N1CCCC(O)C1)C(C)C.CC.CC(C)C. The molecule has 1 aliphatic heterocycles. The van der Waals surface area contributed by atoms with Gasteiger partial charge >= 0.3 is 0 Å². The predicted octanol–water partition coefficient (Wildman–Crippen LogP) is 5.37. The third-order valence-electron chi connectivity index (χ3n) is 3.45. The first-order valence-electron chi connectivity index (χ1n) is 9.67. The van der Waals surface area contributed by atoms with E-state index in [4.69, 9.17) is 0 Å². The van der Waals surface area contributed by atoms with Crippen molar-refractivity contribution in [3.8, 4) is 0 Å². The third kappa shape index (κ3) is 12.6. The fourth-order valence-corrected chi connectivity index (χ4v) is 2.18. The lowest BCUT2D eigenvalue weighted by Gasteiger charge is -2.30. The molecule has 0 bridgehead atoms. The molecule has 1 fully saturated rings. The fourth-order valence-electron chi connectivity index (χ4n) is 2.18. The number of allylic oxidation sites excluding steroid dienone is 4. The molecule has 1 unspecified atom stereocenters. The molecule has 1 aliphatic rings. The van der Waals surface area contributed by atoms with Crippen molar-refractivity contribution in [1.82, 2.24) is 4.90 Å². The summed E-state index contributed by atoms with van der Waals surface area (Å²) in [6.45, 7) is 21.5. The van der Waals surface area contributed by atoms with Crippen LogP contribution in [0.2, 0.25) is 0 Å². The molecule has 3 nitrogen and oxygen atoms in total. The van der Waals surface area contributed by atoms with Crippen LogP contribution in [0.3, 0.4) is 0 Å². The van der Waals surface area contributed by atoms with Crippen LogP contribution in [0.25, 0.3) is 0 Å². The number of hydrogen-bond donors (Lipinski definition) is 1. The number of likely N-dealkylation sites (tertiary alicyclic amines) is 1. The van der Waals surface area contributed by atoms with E-state index in [1.54, 1.807) is 4.90 Å². The van der Waals surface area contributed by atoms with Gasteiger partial charge in [0.25, 0.3) is 0 Å². The lowest BCUT2D eigenvalue weighted by atomic mass is 10.0. The topological polar surface area (TPSA) is 40.5 Å². The number of aliphatic hydroxyl groups excluding tert-OH is 1. The van der Waals surface area contributed by atoms with E-state index in [-0.39, 0.29) is 12.0 Å². The molecule has 1 saturated heterocycles. The summed E-state index contributed by atoms with van der Waals surface area (Å²) < 4.78 is 0. The van der Waals surface area contributed by atoms with Crippen LogP contribution in [0.15, 0.2) is 36.0 Å². The molecule has 0 aromatic carbocycles. The van der Waals surface area contributed by atoms with Crippen molar-refractivity contribution in [3.63, 3.8) is 0 Å². The minimum atomic E-state index is -0.375. The molecule has 0 spiro atoms. The first-order chi connectivity index (χ1) is 11.7. The summed E-state index contributed by atoms with van der Waals surface area (Å²) in [5.41, 5.74) is 1.82. The van der Waals surface area contributed by atoms with Crippen molar-refractivity contribution in [1.29, 1.82) is 0 Å². The van der Waals surface area contributed by atoms with Gasteiger partial charge in [0.1, 0.15) is 0 Å². The summed E-state index contributed by atoms with van der Waals surface area (Å²) in [6, 6.07) is 0. The molecule has 0 aliphatic carbocycles. The molecule has 3 heteroatoms. The van der Waals surface area contributed by atoms with Crippen molar-refractivity contribution in [2.75, 3.05) is 13.1 Å². The van der Waals surface area contributed by atoms with Crippen LogP contribution in [-0.2, 0) is 4.79 Å². The summed E-state index contributed by atoms with van der Waals surface area (Å²) in [5.74, 6) is 1.25. The van der Waals surface area contributed by atoms with Gasteiger partial charge in [-0.05, 0) is 37.2 Å². The number of aliphatic hydroxyl groups is 1. The van der Waals surface area contributed by atoms with E-state index < -0.39 is 0 Å². The van der Waals surface area contributed by atoms with Crippen LogP contribution in [0.1, 0.15) is 68.2 Å². The zero-order valence-electron chi connectivity index (χ0n) is 17.8. The second-order valence-electron chi connectivity index (χ2n) is 7.15. The number of nitrogens with zero attached hydrogens (tertiary/aromatic N) is 1. The standard InChI is InChI=1S/C16H25NO2.C4H10.C2H6/c1-5-14(12(2)3)9-8-13(4)16(19)17-10-6-7-15(18)11-17;1-4(2)3;1-2/h5,8-9,12,15,18H,1,6-7,10-11H2,2-4H3;4H,1-3H3;1-2H3/b13-8+,14-9+;;. The van der Waals surface area contributed by atoms with E-state index in [1.165, 1.54) is 0 Å². The number of carbonyl (C=O) groups is 1. The van der Waals surface area contributed by atoms with Crippen LogP contribution < -0.4 is 0 Å². The maximum absolute atomic E-state index is 12.2. The summed E-state index contributed by atoms with van der Waals surface area (Å²) in [7, 11) is 0. The van der Waals surface area contributed by atoms with Gasteiger partial charge in [-0.1, -0.05) is 73.3 Å². The highest BCUT2D eigenvalue weighted by atomic mass is 16.3. The van der Waals surface area contributed by atoms with Crippen molar-refractivity contribution in [3.05, 3.63) is 36.0 Å². The maximum Gasteiger partial charge on any atom is 0.249 e. The van der Waals surface area contributed by atoms with Crippen molar-refractivity contribution in [2.24, 2.45) is 11.8 Å². The molecule has 146 valence electrons. The highest BCUT2D eigenvalue weighted by Gasteiger charge is 2.22. The average Bonchev–Trinajstić information content (AvgIpc) is 2.55. The highest BCUT2D eigenvalue weighted by molar-refractivity contribution is 5.93. The molecule has 1 atom stereocenters. The minimum absolute atomic E-state index is 0.0159. The first kappa shape index (κ1) is 25.9. The Kier molecular flexibility index (Phi) is 15.5. The largest absolute Gasteiger partial charge is 0.391 e. The summed E-state index contributed by atoms with van der Waals surface area (Å²) in [6.07, 6.45) is 6.91. The monoisotopic (exact) mass is 351 g/mol. The molecule has 0 aromatic rings. The normalized spacial score (nSPS) is 18.2. The molecule has 0 radical (unpaired) electrons. The second-order valence-corrected chi connectivity index (χ2v) is 7.15. The van der Waals surface area contributed by atoms with Gasteiger partial charge < -0.3 is 10.0 Å². The van der Waals surface area contributed by atoms with Crippen molar-refractivity contribution in [2.45, 2.75) is 74.3 Å². The number of amides is 1. The van der Waals surface area contributed by atoms with E-state index in [9.17, 15) is 9.90 Å². The van der Waals surface area contributed by atoms with E-state index in [1.807, 2.05) is 39.0 Å². The molecule has 25 heavy (non-hydrogen) atoms. The van der Waals surface area contributed by atoms with Crippen LogP contribution in [0, 0.1) is 11.8 Å². The van der Waals surface area contributed by atoms with Crippen LogP contribution in [-0.4, -0.2) is 35.1 Å². The fraction of sp³-hybridized carbons (Fsp3) is 0.682. The highest BCUT2D eigenvalue weighted by Crippen LogP contribution is 2.14. The summed E-state index contributed by atoms with van der Waals surface area (Å²) in [4.78, 5) is 13.9. The number of hydrogen-bond acceptors (Lipinski definition) is 2. The molecule has 1 N–H and O–H groups in total. The van der Waals surface area contributed by atoms with Gasteiger partial charge in [0, 0.05) is 18.7 Å². The van der Waals surface area contributed by atoms with E-state index >= 15 is 0 Å². The zero-order chi connectivity index (χ0) is 20.0. The molecule has 1 amide bonds.